The molecule has 0 unspecified atom stereocenters. The monoisotopic (exact) mass is 248 g/mol. The molecule has 0 fully saturated rings. The molecular weight excluding hydrogens is 236 g/mol. The molecule has 0 saturated carbocycles. The van der Waals surface area contributed by atoms with Crippen molar-refractivity contribution in [2.45, 2.75) is 13.8 Å². The lowest BCUT2D eigenvalue weighted by Crippen LogP contribution is -2.30. The Labute approximate surface area is 104 Å². The van der Waals surface area contributed by atoms with Crippen molar-refractivity contribution in [3.8, 4) is 17.6 Å². The zero-order valence-corrected chi connectivity index (χ0v) is 9.94. The van der Waals surface area contributed by atoms with Crippen molar-refractivity contribution in [1.82, 2.24) is 10.3 Å². The number of nitrogens with zero attached hydrogens (tertiary/aromatic N) is 1. The molecule has 0 aliphatic heterocycles. The summed E-state index contributed by atoms with van der Waals surface area (Å²) < 4.78 is 0. The minimum Gasteiger partial charge on any atom is -0.505 e. The number of carboxylic acid groups (broad SMARTS) is 1. The Morgan fingerprint density at radius 3 is 2.72 bits per heavy atom. The van der Waals surface area contributed by atoms with Crippen molar-refractivity contribution in [3.63, 3.8) is 0 Å². The molecular formula is C12H12N2O4. The molecule has 0 bridgehead atoms. The second kappa shape index (κ2) is 5.68. The average Bonchev–Trinajstić information content (AvgIpc) is 2.30. The summed E-state index contributed by atoms with van der Waals surface area (Å²) >= 11 is 0. The highest BCUT2D eigenvalue weighted by Gasteiger charge is 2.15. The number of aromatic nitrogens is 1. The maximum atomic E-state index is 11.6. The molecule has 1 rings (SSSR count). The van der Waals surface area contributed by atoms with E-state index >= 15 is 0 Å². The van der Waals surface area contributed by atoms with Gasteiger partial charge in [-0.25, -0.2) is 4.98 Å². The first-order valence-corrected chi connectivity index (χ1v) is 5.09. The summed E-state index contributed by atoms with van der Waals surface area (Å²) in [5.41, 5.74) is 0.794. The lowest BCUT2D eigenvalue weighted by atomic mass is 10.1. The second-order valence-corrected chi connectivity index (χ2v) is 3.44. The molecule has 6 heteroatoms. The van der Waals surface area contributed by atoms with Gasteiger partial charge in [0.2, 0.25) is 0 Å². The van der Waals surface area contributed by atoms with Gasteiger partial charge in [0, 0.05) is 5.56 Å². The summed E-state index contributed by atoms with van der Waals surface area (Å²) in [5.74, 6) is 3.15. The smallest absolute Gasteiger partial charge is 0.322 e. The van der Waals surface area contributed by atoms with Crippen LogP contribution >= 0.6 is 0 Å². The van der Waals surface area contributed by atoms with Crippen LogP contribution in [0.1, 0.15) is 28.7 Å². The highest BCUT2D eigenvalue weighted by Crippen LogP contribution is 2.18. The second-order valence-electron chi connectivity index (χ2n) is 3.44. The lowest BCUT2D eigenvalue weighted by Gasteiger charge is -2.06. The topological polar surface area (TPSA) is 99.5 Å². The van der Waals surface area contributed by atoms with Gasteiger partial charge in [0.05, 0.1) is 5.69 Å². The number of pyridine rings is 1. The number of aromatic hydroxyl groups is 1. The van der Waals surface area contributed by atoms with Crippen LogP contribution in [0.4, 0.5) is 0 Å². The van der Waals surface area contributed by atoms with Gasteiger partial charge in [-0.15, -0.1) is 5.92 Å². The van der Waals surface area contributed by atoms with E-state index < -0.39 is 18.4 Å². The Bertz CT molecular complexity index is 555. The van der Waals surface area contributed by atoms with Gasteiger partial charge >= 0.3 is 5.97 Å². The summed E-state index contributed by atoms with van der Waals surface area (Å²) in [7, 11) is 0. The van der Waals surface area contributed by atoms with Crippen molar-refractivity contribution in [2.75, 3.05) is 6.54 Å². The van der Waals surface area contributed by atoms with Gasteiger partial charge in [0.1, 0.15) is 12.3 Å². The summed E-state index contributed by atoms with van der Waals surface area (Å²) in [6.07, 6.45) is 0. The van der Waals surface area contributed by atoms with Gasteiger partial charge in [-0.2, -0.15) is 0 Å². The molecule has 0 radical (unpaired) electrons. The van der Waals surface area contributed by atoms with Crippen molar-refractivity contribution >= 4 is 11.9 Å². The Hall–Kier alpha value is -2.55. The van der Waals surface area contributed by atoms with Crippen LogP contribution in [0.25, 0.3) is 0 Å². The fraction of sp³-hybridized carbons (Fsp3) is 0.250. The van der Waals surface area contributed by atoms with Gasteiger partial charge in [-0.3, -0.25) is 9.59 Å². The van der Waals surface area contributed by atoms with Gasteiger partial charge in [-0.05, 0) is 19.9 Å². The molecule has 94 valence electrons. The maximum absolute atomic E-state index is 11.6. The zero-order valence-electron chi connectivity index (χ0n) is 9.94. The molecule has 18 heavy (non-hydrogen) atoms. The van der Waals surface area contributed by atoms with Crippen LogP contribution in [-0.4, -0.2) is 33.6 Å². The Morgan fingerprint density at radius 1 is 1.50 bits per heavy atom. The molecule has 1 amide bonds. The fourth-order valence-electron chi connectivity index (χ4n) is 1.26. The van der Waals surface area contributed by atoms with Crippen LogP contribution < -0.4 is 5.32 Å². The zero-order chi connectivity index (χ0) is 13.7. The largest absolute Gasteiger partial charge is 0.505 e. The van der Waals surface area contributed by atoms with E-state index in [4.69, 9.17) is 5.11 Å². The van der Waals surface area contributed by atoms with Crippen LogP contribution in [0, 0.1) is 18.8 Å². The summed E-state index contributed by atoms with van der Waals surface area (Å²) in [5, 5.41) is 20.2. The number of aryl methyl sites for hydroxylation is 1. The standard InChI is InChI=1S/C12H12N2O4/c1-3-4-8-5-9(15)11(14-7(8)2)12(18)13-6-10(16)17/h5,15H,6H2,1-2H3,(H,13,18)(H,16,17). The quantitative estimate of drug-likeness (QED) is 0.667. The molecule has 0 aliphatic rings. The van der Waals surface area contributed by atoms with Crippen LogP contribution in [0.5, 0.6) is 5.75 Å². The predicted molar refractivity (Wildman–Crippen MR) is 63.2 cm³/mol. The molecule has 0 saturated heterocycles. The number of amides is 1. The predicted octanol–water partition coefficient (Wildman–Crippen LogP) is 0.281. The molecule has 0 aliphatic carbocycles. The normalized spacial score (nSPS) is 9.22. The van der Waals surface area contributed by atoms with Gasteiger partial charge in [-0.1, -0.05) is 5.92 Å². The first kappa shape index (κ1) is 13.5. The molecule has 1 heterocycles. The molecule has 1 aromatic rings. The van der Waals surface area contributed by atoms with E-state index in [-0.39, 0.29) is 11.4 Å². The number of aliphatic carboxylic acids is 1. The van der Waals surface area contributed by atoms with Gasteiger partial charge < -0.3 is 15.5 Å². The van der Waals surface area contributed by atoms with Crippen LogP contribution in [-0.2, 0) is 4.79 Å². The maximum Gasteiger partial charge on any atom is 0.322 e. The lowest BCUT2D eigenvalue weighted by molar-refractivity contribution is -0.135. The Kier molecular flexibility index (Phi) is 4.27. The van der Waals surface area contributed by atoms with Crippen LogP contribution in [0.3, 0.4) is 0 Å². The SMILES string of the molecule is CC#Cc1cc(O)c(C(=O)NCC(=O)O)nc1C. The highest BCUT2D eigenvalue weighted by atomic mass is 16.4. The van der Waals surface area contributed by atoms with Crippen molar-refractivity contribution in [3.05, 3.63) is 23.0 Å². The number of hydrogen-bond acceptors (Lipinski definition) is 4. The Morgan fingerprint density at radius 2 is 2.17 bits per heavy atom. The fourth-order valence-corrected chi connectivity index (χ4v) is 1.26. The van der Waals surface area contributed by atoms with E-state index in [1.165, 1.54) is 6.07 Å². The van der Waals surface area contributed by atoms with Crippen LogP contribution in [0.2, 0.25) is 0 Å². The third kappa shape index (κ3) is 3.22. The van der Waals surface area contributed by atoms with E-state index in [2.05, 4.69) is 22.1 Å². The molecule has 0 aromatic carbocycles. The van der Waals surface area contributed by atoms with Gasteiger partial charge in [0.25, 0.3) is 5.91 Å². The van der Waals surface area contributed by atoms with Gasteiger partial charge in [0.15, 0.2) is 5.69 Å². The van der Waals surface area contributed by atoms with E-state index in [1.807, 2.05) is 0 Å². The average molecular weight is 248 g/mol. The third-order valence-electron chi connectivity index (χ3n) is 2.07. The summed E-state index contributed by atoms with van der Waals surface area (Å²) in [6.45, 7) is 2.76. The van der Waals surface area contributed by atoms with E-state index in [9.17, 15) is 14.7 Å². The number of carbonyl (C=O) groups is 2. The van der Waals surface area contributed by atoms with E-state index in [1.54, 1.807) is 13.8 Å². The third-order valence-corrected chi connectivity index (χ3v) is 2.07. The molecule has 0 spiro atoms. The molecule has 1 aromatic heterocycles. The molecule has 6 nitrogen and oxygen atoms in total. The number of carboxylic acids is 1. The summed E-state index contributed by atoms with van der Waals surface area (Å²) in [6, 6.07) is 1.33. The van der Waals surface area contributed by atoms with Crippen molar-refractivity contribution in [1.29, 1.82) is 0 Å². The number of rotatable bonds is 3. The van der Waals surface area contributed by atoms with E-state index in [0.29, 0.717) is 11.3 Å². The van der Waals surface area contributed by atoms with Crippen molar-refractivity contribution < 1.29 is 19.8 Å². The number of carbonyl (C=O) groups excluding carboxylic acids is 1. The van der Waals surface area contributed by atoms with Crippen LogP contribution in [0.15, 0.2) is 6.07 Å². The Balaban J connectivity index is 3.02. The first-order chi connectivity index (χ1) is 8.45. The summed E-state index contributed by atoms with van der Waals surface area (Å²) in [4.78, 5) is 25.8. The number of hydrogen-bond donors (Lipinski definition) is 3. The van der Waals surface area contributed by atoms with E-state index in [0.717, 1.165) is 0 Å². The first-order valence-electron chi connectivity index (χ1n) is 5.09. The molecule has 0 atom stereocenters. The minimum atomic E-state index is -1.17. The minimum absolute atomic E-state index is 0.213. The molecule has 3 N–H and O–H groups in total. The van der Waals surface area contributed by atoms with Crippen molar-refractivity contribution in [2.24, 2.45) is 0 Å². The highest BCUT2D eigenvalue weighted by molar-refractivity contribution is 5.96. The number of nitrogens with one attached hydrogen (secondary N) is 1.